The van der Waals surface area contributed by atoms with E-state index in [0.717, 1.165) is 43.9 Å². The molecule has 32 heavy (non-hydrogen) atoms. The van der Waals surface area contributed by atoms with Crippen LogP contribution in [0.1, 0.15) is 11.4 Å². The van der Waals surface area contributed by atoms with Crippen LogP contribution in [-0.2, 0) is 7.05 Å². The maximum absolute atomic E-state index is 9.24. The second kappa shape index (κ2) is 10.0. The number of piperazine rings is 1. The van der Waals surface area contributed by atoms with Crippen molar-refractivity contribution in [2.45, 2.75) is 0 Å². The van der Waals surface area contributed by atoms with Crippen LogP contribution in [0, 0.1) is 0 Å². The van der Waals surface area contributed by atoms with Gasteiger partial charge in [-0.3, -0.25) is 4.90 Å². The molecule has 2 aromatic heterocycles. The minimum atomic E-state index is 0. The van der Waals surface area contributed by atoms with Crippen LogP contribution >= 0.6 is 0 Å². The van der Waals surface area contributed by atoms with Crippen molar-refractivity contribution in [3.8, 4) is 0 Å². The molecule has 0 unspecified atom stereocenters. The molecule has 3 heterocycles. The first-order valence-corrected chi connectivity index (χ1v) is 11.0. The predicted molar refractivity (Wildman–Crippen MR) is 128 cm³/mol. The number of halogens is 1. The lowest BCUT2D eigenvalue weighted by molar-refractivity contribution is -0.646. The normalized spacial score (nSPS) is 15.0. The summed E-state index contributed by atoms with van der Waals surface area (Å²) in [5, 5.41) is 11.7. The fourth-order valence-corrected chi connectivity index (χ4v) is 4.57. The number of rotatable bonds is 5. The number of fused-ring (bicyclic) bond motifs is 2. The summed E-state index contributed by atoms with van der Waals surface area (Å²) in [6, 6.07) is 21.5. The molecular weight excluding hydrogens is 511 g/mol. The number of nitrogens with zero attached hydrogens (tertiary/aromatic N) is 3. The standard InChI is InChI=1S/C26H28N4O.HI/c1-28-22(11-10-21-18-20-6-2-4-8-24(20)27-21)19-26(23-7-3-5-9-25(23)28)30-14-12-29(13-15-30)16-17-31;/h2-11,18-19,31H,12-17H2,1H3;1H. The van der Waals surface area contributed by atoms with Crippen molar-refractivity contribution >= 4 is 39.6 Å². The molecule has 166 valence electrons. The van der Waals surface area contributed by atoms with Crippen molar-refractivity contribution < 1.29 is 33.7 Å². The van der Waals surface area contributed by atoms with Crippen molar-refractivity contribution in [3.63, 3.8) is 0 Å². The van der Waals surface area contributed by atoms with Crippen LogP contribution in [0.2, 0.25) is 0 Å². The number of β-amino-alcohol motifs (C(OH)–C–C–N with tert-alkyl or cyclic N) is 1. The number of aryl methyl sites for hydroxylation is 1. The highest BCUT2D eigenvalue weighted by atomic mass is 127. The van der Waals surface area contributed by atoms with Crippen LogP contribution in [0.15, 0.2) is 60.7 Å². The molecule has 6 heteroatoms. The summed E-state index contributed by atoms with van der Waals surface area (Å²) >= 11 is 0. The van der Waals surface area contributed by atoms with E-state index in [2.05, 4.69) is 99.2 Å². The van der Waals surface area contributed by atoms with Crippen LogP contribution in [0.5, 0.6) is 0 Å². The Hall–Kier alpha value is -2.42. The average molecular weight is 540 g/mol. The van der Waals surface area contributed by atoms with E-state index >= 15 is 0 Å². The zero-order valence-electron chi connectivity index (χ0n) is 18.3. The molecule has 2 aromatic carbocycles. The van der Waals surface area contributed by atoms with E-state index in [1.54, 1.807) is 0 Å². The molecule has 0 bridgehead atoms. The van der Waals surface area contributed by atoms with Crippen molar-refractivity contribution in [2.75, 3.05) is 44.2 Å². The van der Waals surface area contributed by atoms with E-state index in [4.69, 9.17) is 0 Å². The highest BCUT2D eigenvalue weighted by molar-refractivity contribution is 5.91. The maximum Gasteiger partial charge on any atom is 0.214 e. The van der Waals surface area contributed by atoms with Crippen LogP contribution in [-0.4, -0.2) is 54.3 Å². The highest BCUT2D eigenvalue weighted by Crippen LogP contribution is 2.27. The van der Waals surface area contributed by atoms with E-state index < -0.39 is 0 Å². The summed E-state index contributed by atoms with van der Waals surface area (Å²) in [5.74, 6) is 0. The molecule has 1 saturated heterocycles. The molecule has 0 saturated carbocycles. The van der Waals surface area contributed by atoms with Crippen molar-refractivity contribution in [3.05, 3.63) is 72.1 Å². The van der Waals surface area contributed by atoms with Gasteiger partial charge < -0.3 is 39.0 Å². The molecule has 0 atom stereocenters. The Kier molecular flexibility index (Phi) is 7.13. The van der Waals surface area contributed by atoms with E-state index in [-0.39, 0.29) is 30.6 Å². The Morgan fingerprint density at radius 1 is 0.969 bits per heavy atom. The van der Waals surface area contributed by atoms with Gasteiger partial charge in [0.15, 0.2) is 0 Å². The number of nitrogens with one attached hydrogen (secondary N) is 1. The smallest absolute Gasteiger partial charge is 0.214 e. The Bertz CT molecular complexity index is 1210. The van der Waals surface area contributed by atoms with Crippen LogP contribution in [0.25, 0.3) is 34.0 Å². The molecule has 1 aliphatic heterocycles. The molecule has 0 radical (unpaired) electrons. The summed E-state index contributed by atoms with van der Waals surface area (Å²) in [4.78, 5) is 8.30. The first-order valence-electron chi connectivity index (χ1n) is 11.0. The van der Waals surface area contributed by atoms with E-state index in [9.17, 15) is 5.11 Å². The van der Waals surface area contributed by atoms with E-state index in [0.29, 0.717) is 0 Å². The second-order valence-electron chi connectivity index (χ2n) is 8.23. The van der Waals surface area contributed by atoms with Gasteiger partial charge in [0.1, 0.15) is 7.05 Å². The van der Waals surface area contributed by atoms with Gasteiger partial charge in [-0.1, -0.05) is 30.3 Å². The lowest BCUT2D eigenvalue weighted by Crippen LogP contribution is -3.00. The van der Waals surface area contributed by atoms with Crippen molar-refractivity contribution in [1.82, 2.24) is 9.88 Å². The Labute approximate surface area is 206 Å². The minimum Gasteiger partial charge on any atom is -1.00 e. The maximum atomic E-state index is 9.24. The SMILES string of the molecule is C[n+]1c(/C=C/c2cc3ccccc3[nH]2)cc(N2CCN(CCO)CC2)c2ccccc21.[I-]. The molecule has 0 aliphatic carbocycles. The molecule has 5 rings (SSSR count). The van der Waals surface area contributed by atoms with Gasteiger partial charge in [-0.2, -0.15) is 4.57 Å². The minimum absolute atomic E-state index is 0. The van der Waals surface area contributed by atoms with Crippen molar-refractivity contribution in [2.24, 2.45) is 7.05 Å². The molecule has 0 amide bonds. The quantitative estimate of drug-likeness (QED) is 0.286. The number of aliphatic hydroxyl groups excluding tert-OH is 1. The predicted octanol–water partition coefficient (Wildman–Crippen LogP) is 0.434. The zero-order valence-corrected chi connectivity index (χ0v) is 20.5. The number of benzene rings is 2. The number of pyridine rings is 1. The number of para-hydroxylation sites is 2. The van der Waals surface area contributed by atoms with E-state index in [1.165, 1.54) is 27.7 Å². The molecule has 0 spiro atoms. The summed E-state index contributed by atoms with van der Waals surface area (Å²) in [6.45, 7) is 4.90. The topological polar surface area (TPSA) is 46.4 Å². The van der Waals surface area contributed by atoms with Gasteiger partial charge in [0, 0.05) is 62.1 Å². The van der Waals surface area contributed by atoms with Gasteiger partial charge in [-0.15, -0.1) is 0 Å². The Morgan fingerprint density at radius 2 is 1.72 bits per heavy atom. The number of aromatic nitrogens is 2. The highest BCUT2D eigenvalue weighted by Gasteiger charge is 2.22. The largest absolute Gasteiger partial charge is 1.00 e. The summed E-state index contributed by atoms with van der Waals surface area (Å²) in [5.41, 5.74) is 5.95. The zero-order chi connectivity index (χ0) is 21.2. The number of anilines is 1. The average Bonchev–Trinajstić information content (AvgIpc) is 3.23. The lowest BCUT2D eigenvalue weighted by atomic mass is 10.1. The van der Waals surface area contributed by atoms with E-state index in [1.807, 2.05) is 0 Å². The fourth-order valence-electron chi connectivity index (χ4n) is 4.57. The van der Waals surface area contributed by atoms with Crippen molar-refractivity contribution in [1.29, 1.82) is 0 Å². The van der Waals surface area contributed by atoms with Crippen LogP contribution in [0.4, 0.5) is 5.69 Å². The first-order chi connectivity index (χ1) is 15.2. The van der Waals surface area contributed by atoms with Gasteiger partial charge >= 0.3 is 0 Å². The van der Waals surface area contributed by atoms with Gasteiger partial charge in [0.2, 0.25) is 11.2 Å². The lowest BCUT2D eigenvalue weighted by Gasteiger charge is -2.36. The van der Waals surface area contributed by atoms with Gasteiger partial charge in [0.05, 0.1) is 17.7 Å². The third-order valence-corrected chi connectivity index (χ3v) is 6.33. The fraction of sp³-hybridized carbons (Fsp3) is 0.269. The molecule has 2 N–H and O–H groups in total. The molecule has 1 aliphatic rings. The number of aliphatic hydroxyl groups is 1. The molecule has 4 aromatic rings. The summed E-state index contributed by atoms with van der Waals surface area (Å²) in [7, 11) is 2.14. The van der Waals surface area contributed by atoms with Crippen LogP contribution in [0.3, 0.4) is 0 Å². The number of H-pyrrole nitrogens is 1. The van der Waals surface area contributed by atoms with Gasteiger partial charge in [0.25, 0.3) is 0 Å². The summed E-state index contributed by atoms with van der Waals surface area (Å²) < 4.78 is 2.26. The first kappa shape index (κ1) is 22.8. The number of hydrogen-bond acceptors (Lipinski definition) is 3. The molecular formula is C26H29IN4O. The second-order valence-corrected chi connectivity index (χ2v) is 8.23. The van der Waals surface area contributed by atoms with Gasteiger partial charge in [-0.25, -0.2) is 0 Å². The third kappa shape index (κ3) is 4.53. The van der Waals surface area contributed by atoms with Gasteiger partial charge in [-0.05, 0) is 29.7 Å². The molecule has 5 nitrogen and oxygen atoms in total. The molecule has 1 fully saturated rings. The Balaban J connectivity index is 0.00000245. The monoisotopic (exact) mass is 540 g/mol. The summed E-state index contributed by atoms with van der Waals surface area (Å²) in [6.07, 6.45) is 4.36. The Morgan fingerprint density at radius 3 is 2.50 bits per heavy atom. The number of hydrogen-bond donors (Lipinski definition) is 2. The van der Waals surface area contributed by atoms with Crippen LogP contribution < -0.4 is 33.4 Å². The third-order valence-electron chi connectivity index (χ3n) is 6.33. The number of aromatic amines is 1.